The number of rotatable bonds is 5. The van der Waals surface area contributed by atoms with Gasteiger partial charge in [-0.2, -0.15) is 0 Å². The fourth-order valence-electron chi connectivity index (χ4n) is 3.09. The summed E-state index contributed by atoms with van der Waals surface area (Å²) in [5.74, 6) is 1.18. The first-order chi connectivity index (χ1) is 11.7. The van der Waals surface area contributed by atoms with Gasteiger partial charge in [0.05, 0.1) is 0 Å². The Morgan fingerprint density at radius 2 is 1.80 bits per heavy atom. The van der Waals surface area contributed by atoms with E-state index in [2.05, 4.69) is 12.1 Å². The van der Waals surface area contributed by atoms with Gasteiger partial charge in [-0.25, -0.2) is 0 Å². The lowest BCUT2D eigenvalue weighted by atomic mass is 10.1. The van der Waals surface area contributed by atoms with Crippen molar-refractivity contribution in [3.8, 4) is 16.9 Å². The van der Waals surface area contributed by atoms with Gasteiger partial charge in [0.25, 0.3) is 5.91 Å². The Morgan fingerprint density at radius 1 is 1.16 bits per heavy atom. The number of benzene rings is 2. The van der Waals surface area contributed by atoms with E-state index in [-0.39, 0.29) is 18.3 Å². The molecule has 1 saturated heterocycles. The minimum atomic E-state index is -0.482. The Bertz CT molecular complexity index is 676. The summed E-state index contributed by atoms with van der Waals surface area (Å²) >= 11 is 0. The number of likely N-dealkylation sites (tertiary alicyclic amines) is 1. The first-order valence-electron chi connectivity index (χ1n) is 8.48. The lowest BCUT2D eigenvalue weighted by Crippen LogP contribution is -2.39. The summed E-state index contributed by atoms with van der Waals surface area (Å²) < 4.78 is 5.83. The summed E-state index contributed by atoms with van der Waals surface area (Å²) in [6, 6.07) is 18.0. The van der Waals surface area contributed by atoms with Gasteiger partial charge in [-0.3, -0.25) is 4.79 Å². The van der Waals surface area contributed by atoms with Gasteiger partial charge in [0, 0.05) is 13.1 Å². The van der Waals surface area contributed by atoms with Crippen molar-refractivity contribution in [1.82, 2.24) is 4.90 Å². The van der Waals surface area contributed by atoms with E-state index in [9.17, 15) is 4.79 Å². The van der Waals surface area contributed by atoms with E-state index >= 15 is 0 Å². The molecule has 0 radical (unpaired) electrons. The number of carbonyl (C=O) groups is 1. The van der Waals surface area contributed by atoms with Crippen LogP contribution in [0, 0.1) is 5.92 Å². The topological polar surface area (TPSA) is 55.6 Å². The van der Waals surface area contributed by atoms with Crippen LogP contribution in [-0.2, 0) is 4.79 Å². The number of nitrogens with zero attached hydrogens (tertiary/aromatic N) is 1. The van der Waals surface area contributed by atoms with Gasteiger partial charge in [0.15, 0.2) is 6.10 Å². The number of carbonyl (C=O) groups excluding carboxylic acids is 1. The predicted octanol–water partition coefficient (Wildman–Crippen LogP) is 3.35. The van der Waals surface area contributed by atoms with Gasteiger partial charge in [0.2, 0.25) is 0 Å². The van der Waals surface area contributed by atoms with Crippen molar-refractivity contribution in [3.05, 3.63) is 54.6 Å². The highest BCUT2D eigenvalue weighted by molar-refractivity contribution is 5.85. The molecule has 2 aromatic carbocycles. The monoisotopic (exact) mass is 360 g/mol. The Morgan fingerprint density at radius 3 is 2.40 bits per heavy atom. The van der Waals surface area contributed by atoms with Crippen LogP contribution >= 0.6 is 12.4 Å². The first kappa shape index (κ1) is 19.3. The molecule has 0 saturated carbocycles. The number of halogens is 1. The minimum Gasteiger partial charge on any atom is -0.481 e. The molecule has 2 atom stereocenters. The van der Waals surface area contributed by atoms with Gasteiger partial charge in [-0.05, 0) is 49.1 Å². The molecule has 0 aliphatic carbocycles. The van der Waals surface area contributed by atoms with Crippen molar-refractivity contribution in [1.29, 1.82) is 0 Å². The zero-order valence-electron chi connectivity index (χ0n) is 14.4. The van der Waals surface area contributed by atoms with E-state index in [1.165, 1.54) is 0 Å². The second kappa shape index (κ2) is 8.88. The Labute approximate surface area is 155 Å². The molecule has 3 rings (SSSR count). The van der Waals surface area contributed by atoms with Gasteiger partial charge >= 0.3 is 0 Å². The Kier molecular flexibility index (Phi) is 6.85. The fraction of sp³-hybridized carbons (Fsp3) is 0.350. The quantitative estimate of drug-likeness (QED) is 0.889. The minimum absolute atomic E-state index is 0. The molecule has 2 N–H and O–H groups in total. The average molecular weight is 361 g/mol. The third kappa shape index (κ3) is 4.74. The number of amides is 1. The van der Waals surface area contributed by atoms with Crippen molar-refractivity contribution >= 4 is 18.3 Å². The molecule has 25 heavy (non-hydrogen) atoms. The maximum atomic E-state index is 12.5. The van der Waals surface area contributed by atoms with E-state index in [1.807, 2.05) is 54.3 Å². The average Bonchev–Trinajstić information content (AvgIpc) is 3.11. The molecule has 1 aliphatic rings. The molecule has 1 aliphatic heterocycles. The molecule has 1 heterocycles. The van der Waals surface area contributed by atoms with Crippen LogP contribution in [0.3, 0.4) is 0 Å². The van der Waals surface area contributed by atoms with Crippen molar-refractivity contribution in [2.24, 2.45) is 11.7 Å². The summed E-state index contributed by atoms with van der Waals surface area (Å²) in [6.45, 7) is 3.97. The summed E-state index contributed by atoms with van der Waals surface area (Å²) in [6.07, 6.45) is 0.505. The highest BCUT2D eigenvalue weighted by Gasteiger charge is 2.29. The van der Waals surface area contributed by atoms with Crippen LogP contribution in [0.4, 0.5) is 0 Å². The molecule has 1 amide bonds. The van der Waals surface area contributed by atoms with E-state index in [1.54, 1.807) is 0 Å². The Hall–Kier alpha value is -2.04. The lowest BCUT2D eigenvalue weighted by molar-refractivity contribution is -0.136. The molecular formula is C20H25ClN2O2. The van der Waals surface area contributed by atoms with E-state index in [0.29, 0.717) is 18.2 Å². The Balaban J connectivity index is 0.00000225. The smallest absolute Gasteiger partial charge is 0.263 e. The second-order valence-corrected chi connectivity index (χ2v) is 6.33. The second-order valence-electron chi connectivity index (χ2n) is 6.33. The molecule has 134 valence electrons. The fourth-order valence-corrected chi connectivity index (χ4v) is 3.09. The molecule has 2 aromatic rings. The summed E-state index contributed by atoms with van der Waals surface area (Å²) in [7, 11) is 0. The van der Waals surface area contributed by atoms with Crippen molar-refractivity contribution in [2.75, 3.05) is 19.6 Å². The van der Waals surface area contributed by atoms with Crippen molar-refractivity contribution in [3.63, 3.8) is 0 Å². The van der Waals surface area contributed by atoms with Crippen LogP contribution in [0.15, 0.2) is 54.6 Å². The highest BCUT2D eigenvalue weighted by atomic mass is 35.5. The van der Waals surface area contributed by atoms with Crippen LogP contribution in [0.25, 0.3) is 11.1 Å². The third-order valence-corrected chi connectivity index (χ3v) is 4.55. The molecule has 5 heteroatoms. The largest absolute Gasteiger partial charge is 0.481 e. The zero-order chi connectivity index (χ0) is 16.9. The normalized spacial score (nSPS) is 17.7. The molecule has 2 unspecified atom stereocenters. The predicted molar refractivity (Wildman–Crippen MR) is 103 cm³/mol. The highest BCUT2D eigenvalue weighted by Crippen LogP contribution is 2.23. The molecular weight excluding hydrogens is 336 g/mol. The van der Waals surface area contributed by atoms with E-state index in [4.69, 9.17) is 10.5 Å². The number of hydrogen-bond acceptors (Lipinski definition) is 3. The lowest BCUT2D eigenvalue weighted by Gasteiger charge is -2.22. The van der Waals surface area contributed by atoms with Crippen LogP contribution in [-0.4, -0.2) is 36.5 Å². The van der Waals surface area contributed by atoms with Crippen molar-refractivity contribution in [2.45, 2.75) is 19.4 Å². The third-order valence-electron chi connectivity index (χ3n) is 4.55. The molecule has 0 bridgehead atoms. The first-order valence-corrected chi connectivity index (χ1v) is 8.48. The van der Waals surface area contributed by atoms with Gasteiger partial charge < -0.3 is 15.4 Å². The van der Waals surface area contributed by atoms with Crippen molar-refractivity contribution < 1.29 is 9.53 Å². The van der Waals surface area contributed by atoms with Crippen LogP contribution in [0.2, 0.25) is 0 Å². The van der Waals surface area contributed by atoms with E-state index < -0.39 is 6.10 Å². The van der Waals surface area contributed by atoms with Crippen LogP contribution < -0.4 is 10.5 Å². The molecule has 4 nitrogen and oxygen atoms in total. The molecule has 0 spiro atoms. The maximum absolute atomic E-state index is 12.5. The summed E-state index contributed by atoms with van der Waals surface area (Å²) in [4.78, 5) is 14.3. The molecule has 1 fully saturated rings. The zero-order valence-corrected chi connectivity index (χ0v) is 15.2. The summed E-state index contributed by atoms with van der Waals surface area (Å²) in [5.41, 5.74) is 7.99. The summed E-state index contributed by atoms with van der Waals surface area (Å²) in [5, 5.41) is 0. The van der Waals surface area contributed by atoms with E-state index in [0.717, 1.165) is 30.6 Å². The van der Waals surface area contributed by atoms with Gasteiger partial charge in [-0.1, -0.05) is 42.5 Å². The number of hydrogen-bond donors (Lipinski definition) is 1. The van der Waals surface area contributed by atoms with Crippen LogP contribution in [0.5, 0.6) is 5.75 Å². The van der Waals surface area contributed by atoms with Crippen LogP contribution in [0.1, 0.15) is 13.3 Å². The maximum Gasteiger partial charge on any atom is 0.263 e. The SMILES string of the molecule is CC(Oc1ccc(-c2ccccc2)cc1)C(=O)N1CCC(CN)C1.Cl. The number of ether oxygens (including phenoxy) is 1. The van der Waals surface area contributed by atoms with Gasteiger partial charge in [0.1, 0.15) is 5.75 Å². The number of nitrogens with two attached hydrogens (primary N) is 1. The molecule has 0 aromatic heterocycles. The van der Waals surface area contributed by atoms with Gasteiger partial charge in [-0.15, -0.1) is 12.4 Å². The standard InChI is InChI=1S/C20H24N2O2.ClH/c1-15(20(23)22-12-11-16(13-21)14-22)24-19-9-7-18(8-10-19)17-5-3-2-4-6-17;/h2-10,15-16H,11-14,21H2,1H3;1H.